The van der Waals surface area contributed by atoms with Crippen molar-refractivity contribution in [1.82, 2.24) is 20.6 Å². The van der Waals surface area contributed by atoms with Crippen LogP contribution in [0.5, 0.6) is 17.2 Å². The Kier molecular flexibility index (Phi) is 6.69. The molecule has 0 spiro atoms. The molecular weight excluding hydrogens is 479 g/mol. The van der Waals surface area contributed by atoms with Crippen LogP contribution in [0.1, 0.15) is 34.5 Å². The largest absolute Gasteiger partial charge is 0.497 e. The summed E-state index contributed by atoms with van der Waals surface area (Å²) in [5.41, 5.74) is 4.67. The number of carbonyl (C=O) groups is 2. The molecule has 1 saturated carbocycles. The van der Waals surface area contributed by atoms with Crippen molar-refractivity contribution in [3.63, 3.8) is 0 Å². The summed E-state index contributed by atoms with van der Waals surface area (Å²) in [6, 6.07) is 7.80. The summed E-state index contributed by atoms with van der Waals surface area (Å²) in [5, 5.41) is 5.44. The number of rotatable bonds is 8. The maximum Gasteiger partial charge on any atom is 0.420 e. The summed E-state index contributed by atoms with van der Waals surface area (Å²) in [4.78, 5) is 33.1. The lowest BCUT2D eigenvalue weighted by molar-refractivity contribution is -0.138. The van der Waals surface area contributed by atoms with Gasteiger partial charge in [-0.25, -0.2) is 0 Å². The quantitative estimate of drug-likeness (QED) is 0.431. The fourth-order valence-corrected chi connectivity index (χ4v) is 3.39. The number of methoxy groups -OCH3 is 1. The molecule has 9 nitrogen and oxygen atoms in total. The van der Waals surface area contributed by atoms with Crippen molar-refractivity contribution in [1.29, 1.82) is 0 Å². The average molecular weight is 501 g/mol. The van der Waals surface area contributed by atoms with Crippen molar-refractivity contribution in [3.8, 4) is 17.2 Å². The second-order valence-corrected chi connectivity index (χ2v) is 8.17. The first kappa shape index (κ1) is 24.8. The fraction of sp³-hybridized carbons (Fsp3) is 0.250. The van der Waals surface area contributed by atoms with Gasteiger partial charge in [0.25, 0.3) is 5.91 Å². The molecule has 3 aromatic rings. The van der Waals surface area contributed by atoms with E-state index in [-0.39, 0.29) is 29.5 Å². The summed E-state index contributed by atoms with van der Waals surface area (Å²) in [5.74, 6) is -1.09. The van der Waals surface area contributed by atoms with Crippen LogP contribution in [0.2, 0.25) is 0 Å². The number of nitrogen functional groups attached to an aromatic ring is 1. The Morgan fingerprint density at radius 1 is 1.08 bits per heavy atom. The van der Waals surface area contributed by atoms with E-state index >= 15 is 0 Å². The predicted molar refractivity (Wildman–Crippen MR) is 122 cm³/mol. The van der Waals surface area contributed by atoms with Crippen LogP contribution in [0, 0.1) is 0 Å². The fourth-order valence-electron chi connectivity index (χ4n) is 3.39. The number of hydrogen-bond acceptors (Lipinski definition) is 7. The van der Waals surface area contributed by atoms with E-state index in [1.807, 2.05) is 0 Å². The van der Waals surface area contributed by atoms with Gasteiger partial charge in [-0.3, -0.25) is 19.6 Å². The summed E-state index contributed by atoms with van der Waals surface area (Å²) < 4.78 is 50.4. The summed E-state index contributed by atoms with van der Waals surface area (Å²) in [7, 11) is 1.27. The summed E-state index contributed by atoms with van der Waals surface area (Å²) in [6.45, 7) is 0.0485. The first-order chi connectivity index (χ1) is 17.1. The number of hydrogen-bond donors (Lipinski definition) is 3. The molecule has 2 amide bonds. The van der Waals surface area contributed by atoms with Crippen LogP contribution < -0.4 is 25.8 Å². The molecule has 36 heavy (non-hydrogen) atoms. The molecule has 4 N–H and O–H groups in total. The number of nitrogens with one attached hydrogen (secondary N) is 2. The highest BCUT2D eigenvalue weighted by molar-refractivity contribution is 6.00. The van der Waals surface area contributed by atoms with Crippen LogP contribution in [0.25, 0.3) is 0 Å². The third-order valence-corrected chi connectivity index (χ3v) is 5.51. The summed E-state index contributed by atoms with van der Waals surface area (Å²) >= 11 is 0. The number of aromatic nitrogens is 2. The van der Waals surface area contributed by atoms with E-state index in [4.69, 9.17) is 15.2 Å². The van der Waals surface area contributed by atoms with Crippen LogP contribution in [-0.4, -0.2) is 34.4 Å². The molecule has 0 radical (unpaired) electrons. The molecule has 2 aromatic heterocycles. The zero-order valence-corrected chi connectivity index (χ0v) is 19.1. The van der Waals surface area contributed by atoms with Gasteiger partial charge >= 0.3 is 6.18 Å². The Labute approximate surface area is 203 Å². The third-order valence-electron chi connectivity index (χ3n) is 5.51. The van der Waals surface area contributed by atoms with Gasteiger partial charge in [-0.15, -0.1) is 0 Å². The van der Waals surface area contributed by atoms with Gasteiger partial charge in [0.1, 0.15) is 28.4 Å². The molecule has 188 valence electrons. The number of anilines is 1. The SMILES string of the molecule is COc1ccc(Oc2ccc(CNC(=O)C3(NC(=O)c4cncc(N)c4)CC3)nc2)c(C(F)(F)F)c1. The number of carbonyl (C=O) groups excluding carboxylic acids is 2. The lowest BCUT2D eigenvalue weighted by atomic mass is 10.2. The molecule has 1 fully saturated rings. The number of halogens is 3. The molecule has 1 aliphatic carbocycles. The van der Waals surface area contributed by atoms with E-state index in [0.717, 1.165) is 6.07 Å². The highest BCUT2D eigenvalue weighted by Crippen LogP contribution is 2.40. The van der Waals surface area contributed by atoms with Gasteiger partial charge in [0.2, 0.25) is 5.91 Å². The van der Waals surface area contributed by atoms with Crippen LogP contribution in [0.4, 0.5) is 18.9 Å². The first-order valence-electron chi connectivity index (χ1n) is 10.8. The van der Waals surface area contributed by atoms with E-state index < -0.39 is 28.9 Å². The Bertz CT molecular complexity index is 1280. The molecule has 1 aliphatic rings. The van der Waals surface area contributed by atoms with E-state index in [1.54, 1.807) is 0 Å². The number of alkyl halides is 3. The Morgan fingerprint density at radius 2 is 1.83 bits per heavy atom. The molecule has 1 aromatic carbocycles. The molecule has 0 bridgehead atoms. The van der Waals surface area contributed by atoms with Crippen molar-refractivity contribution in [2.75, 3.05) is 12.8 Å². The molecule has 4 rings (SSSR count). The number of nitrogens with two attached hydrogens (primary N) is 1. The zero-order valence-electron chi connectivity index (χ0n) is 19.1. The maximum absolute atomic E-state index is 13.4. The van der Waals surface area contributed by atoms with E-state index in [1.165, 1.54) is 56.0 Å². The molecule has 0 unspecified atom stereocenters. The van der Waals surface area contributed by atoms with E-state index in [9.17, 15) is 22.8 Å². The predicted octanol–water partition coefficient (Wildman–Crippen LogP) is 3.46. The monoisotopic (exact) mass is 501 g/mol. The van der Waals surface area contributed by atoms with Crippen molar-refractivity contribution < 1.29 is 32.2 Å². The smallest absolute Gasteiger partial charge is 0.420 e. The second kappa shape index (κ2) is 9.72. The van der Waals surface area contributed by atoms with Crippen molar-refractivity contribution in [2.24, 2.45) is 0 Å². The van der Waals surface area contributed by atoms with Crippen molar-refractivity contribution in [2.45, 2.75) is 31.1 Å². The van der Waals surface area contributed by atoms with Gasteiger partial charge in [0.05, 0.1) is 36.8 Å². The minimum absolute atomic E-state index is 0.0485. The lowest BCUT2D eigenvalue weighted by Crippen LogP contribution is -2.48. The molecule has 2 heterocycles. The molecule has 0 atom stereocenters. The summed E-state index contributed by atoms with van der Waals surface area (Å²) in [6.07, 6.45) is 0.337. The highest BCUT2D eigenvalue weighted by Gasteiger charge is 2.51. The Balaban J connectivity index is 1.36. The maximum atomic E-state index is 13.4. The molecule has 0 saturated heterocycles. The first-order valence-corrected chi connectivity index (χ1v) is 10.8. The molecule has 0 aliphatic heterocycles. The lowest BCUT2D eigenvalue weighted by Gasteiger charge is -2.17. The minimum atomic E-state index is -4.64. The minimum Gasteiger partial charge on any atom is -0.497 e. The van der Waals surface area contributed by atoms with E-state index in [2.05, 4.69) is 20.6 Å². The molecular formula is C24H22F3N5O4. The van der Waals surface area contributed by atoms with Crippen LogP contribution in [-0.2, 0) is 17.5 Å². The number of benzene rings is 1. The van der Waals surface area contributed by atoms with Gasteiger partial charge < -0.3 is 25.8 Å². The standard InChI is InChI=1S/C24H22F3N5O4/c1-35-17-4-5-20(19(9-17)24(25,26)27)36-18-3-2-16(30-13-18)12-31-22(34)23(6-7-23)32-21(33)14-8-15(28)11-29-10-14/h2-5,8-11,13H,6-7,12,28H2,1H3,(H,31,34)(H,32,33). The zero-order chi connectivity index (χ0) is 25.9. The van der Waals surface area contributed by atoms with Crippen LogP contribution in [0.3, 0.4) is 0 Å². The average Bonchev–Trinajstić information content (AvgIpc) is 3.63. The van der Waals surface area contributed by atoms with E-state index in [0.29, 0.717) is 24.2 Å². The number of ether oxygens (including phenoxy) is 2. The normalized spacial score (nSPS) is 14.0. The number of amides is 2. The van der Waals surface area contributed by atoms with Gasteiger partial charge in [-0.2, -0.15) is 13.2 Å². The Morgan fingerprint density at radius 3 is 2.44 bits per heavy atom. The van der Waals surface area contributed by atoms with Crippen LogP contribution in [0.15, 0.2) is 55.0 Å². The molecule has 12 heteroatoms. The Hall–Kier alpha value is -4.35. The topological polar surface area (TPSA) is 128 Å². The van der Waals surface area contributed by atoms with Crippen molar-refractivity contribution in [3.05, 3.63) is 71.8 Å². The number of pyridine rings is 2. The highest BCUT2D eigenvalue weighted by atomic mass is 19.4. The van der Waals surface area contributed by atoms with Gasteiger partial charge in [-0.1, -0.05) is 0 Å². The third kappa shape index (κ3) is 5.65. The van der Waals surface area contributed by atoms with Gasteiger partial charge in [0, 0.05) is 12.4 Å². The van der Waals surface area contributed by atoms with Gasteiger partial charge in [0.15, 0.2) is 0 Å². The second-order valence-electron chi connectivity index (χ2n) is 8.17. The number of nitrogens with zero attached hydrogens (tertiary/aromatic N) is 2. The van der Waals surface area contributed by atoms with Gasteiger partial charge in [-0.05, 0) is 49.2 Å². The van der Waals surface area contributed by atoms with Crippen LogP contribution >= 0.6 is 0 Å². The van der Waals surface area contributed by atoms with Crippen molar-refractivity contribution >= 4 is 17.5 Å².